The molecule has 2 N–H and O–H groups in total. The van der Waals surface area contributed by atoms with Gasteiger partial charge in [0.25, 0.3) is 11.8 Å². The molecule has 1 unspecified atom stereocenters. The predicted molar refractivity (Wildman–Crippen MR) is 113 cm³/mol. The molecule has 30 heavy (non-hydrogen) atoms. The minimum absolute atomic E-state index is 0.240. The third-order valence-corrected chi connectivity index (χ3v) is 6.52. The third-order valence-electron chi connectivity index (χ3n) is 4.45. The Labute approximate surface area is 181 Å². The number of esters is 2. The maximum Gasteiger partial charge on any atom is 0.341 e. The Bertz CT molecular complexity index is 951. The van der Waals surface area contributed by atoms with Crippen LogP contribution in [0.3, 0.4) is 0 Å². The summed E-state index contributed by atoms with van der Waals surface area (Å²) in [5.41, 5.74) is 1.32. The summed E-state index contributed by atoms with van der Waals surface area (Å²) in [6, 6.07) is 2.47. The van der Waals surface area contributed by atoms with Gasteiger partial charge in [-0.2, -0.15) is 0 Å². The number of carbonyl (C=O) groups excluding carboxylic acids is 4. The molecule has 0 fully saturated rings. The zero-order valence-electron chi connectivity index (χ0n) is 16.6. The fourth-order valence-electron chi connectivity index (χ4n) is 3.07. The van der Waals surface area contributed by atoms with Gasteiger partial charge in [0.15, 0.2) is 6.61 Å². The summed E-state index contributed by atoms with van der Waals surface area (Å²) in [5, 5.41) is 7.35. The Morgan fingerprint density at radius 3 is 2.70 bits per heavy atom. The molecule has 0 saturated heterocycles. The molecule has 2 heterocycles. The second kappa shape index (κ2) is 9.86. The molecule has 0 radical (unpaired) electrons. The van der Waals surface area contributed by atoms with E-state index in [4.69, 9.17) is 9.47 Å². The molecule has 1 atom stereocenters. The monoisotopic (exact) mass is 450 g/mol. The van der Waals surface area contributed by atoms with E-state index in [0.717, 1.165) is 29.7 Å². The van der Waals surface area contributed by atoms with Crippen molar-refractivity contribution < 1.29 is 28.7 Å². The highest BCUT2D eigenvalue weighted by atomic mass is 32.1. The van der Waals surface area contributed by atoms with Crippen LogP contribution in [0.1, 0.15) is 50.7 Å². The van der Waals surface area contributed by atoms with E-state index in [1.807, 2.05) is 0 Å². The van der Waals surface area contributed by atoms with Crippen LogP contribution < -0.4 is 10.6 Å². The summed E-state index contributed by atoms with van der Waals surface area (Å²) < 4.78 is 10.1. The molecule has 1 aliphatic carbocycles. The highest BCUT2D eigenvalue weighted by molar-refractivity contribution is 7.17. The van der Waals surface area contributed by atoms with Crippen molar-refractivity contribution in [2.75, 3.05) is 18.5 Å². The first-order chi connectivity index (χ1) is 14.4. The first-order valence-corrected chi connectivity index (χ1v) is 11.2. The van der Waals surface area contributed by atoms with Gasteiger partial charge in [-0.05, 0) is 50.1 Å². The molecule has 8 nitrogen and oxygen atoms in total. The standard InChI is InChI=1S/C20H22N2O6S2/c1-3-27-20(26)16-12-6-4-7-13(12)30-18(16)22-15(23)10-28-19(25)11(2)21-17(24)14-8-5-9-29-14/h5,8-9,11H,3-4,6-7,10H2,1-2H3,(H,21,24)(H,22,23). The molecule has 1 aliphatic rings. The topological polar surface area (TPSA) is 111 Å². The van der Waals surface area contributed by atoms with Gasteiger partial charge in [-0.25, -0.2) is 9.59 Å². The van der Waals surface area contributed by atoms with Crippen molar-refractivity contribution in [1.29, 1.82) is 0 Å². The summed E-state index contributed by atoms with van der Waals surface area (Å²) in [5.74, 6) is -2.14. The van der Waals surface area contributed by atoms with Gasteiger partial charge in [-0.1, -0.05) is 6.07 Å². The van der Waals surface area contributed by atoms with E-state index in [2.05, 4.69) is 10.6 Å². The van der Waals surface area contributed by atoms with Crippen LogP contribution >= 0.6 is 22.7 Å². The Balaban J connectivity index is 1.55. The molecule has 0 bridgehead atoms. The van der Waals surface area contributed by atoms with Crippen molar-refractivity contribution in [2.24, 2.45) is 0 Å². The van der Waals surface area contributed by atoms with E-state index in [1.165, 1.54) is 29.6 Å². The lowest BCUT2D eigenvalue weighted by molar-refractivity contribution is -0.148. The van der Waals surface area contributed by atoms with Gasteiger partial charge in [0, 0.05) is 4.88 Å². The van der Waals surface area contributed by atoms with E-state index in [0.29, 0.717) is 15.4 Å². The van der Waals surface area contributed by atoms with Crippen molar-refractivity contribution in [3.63, 3.8) is 0 Å². The maximum absolute atomic E-state index is 12.3. The molecule has 0 aliphatic heterocycles. The number of aryl methyl sites for hydroxylation is 1. The molecule has 0 aromatic carbocycles. The van der Waals surface area contributed by atoms with Gasteiger partial charge in [-0.15, -0.1) is 22.7 Å². The summed E-state index contributed by atoms with van der Waals surface area (Å²) >= 11 is 2.61. The highest BCUT2D eigenvalue weighted by Gasteiger charge is 2.28. The van der Waals surface area contributed by atoms with Gasteiger partial charge < -0.3 is 20.1 Å². The normalized spacial score (nSPS) is 13.3. The molecule has 3 rings (SSSR count). The van der Waals surface area contributed by atoms with Crippen molar-refractivity contribution in [1.82, 2.24) is 5.32 Å². The van der Waals surface area contributed by atoms with Gasteiger partial charge in [0.05, 0.1) is 17.0 Å². The van der Waals surface area contributed by atoms with Crippen molar-refractivity contribution in [3.05, 3.63) is 38.4 Å². The quantitative estimate of drug-likeness (QED) is 0.599. The minimum Gasteiger partial charge on any atom is -0.462 e. The number of hydrogen-bond acceptors (Lipinski definition) is 8. The van der Waals surface area contributed by atoms with Crippen molar-refractivity contribution in [2.45, 2.75) is 39.2 Å². The lowest BCUT2D eigenvalue weighted by Crippen LogP contribution is -2.40. The first kappa shape index (κ1) is 22.0. The van der Waals surface area contributed by atoms with Crippen LogP contribution in [-0.4, -0.2) is 43.0 Å². The van der Waals surface area contributed by atoms with E-state index in [1.54, 1.807) is 24.4 Å². The molecule has 0 saturated carbocycles. The maximum atomic E-state index is 12.3. The third kappa shape index (κ3) is 5.06. The van der Waals surface area contributed by atoms with Crippen LogP contribution in [-0.2, 0) is 31.9 Å². The molecule has 2 aromatic heterocycles. The second-order valence-electron chi connectivity index (χ2n) is 6.61. The van der Waals surface area contributed by atoms with Crippen LogP contribution in [0.4, 0.5) is 5.00 Å². The lowest BCUT2D eigenvalue weighted by atomic mass is 10.1. The van der Waals surface area contributed by atoms with Crippen LogP contribution in [0, 0.1) is 0 Å². The summed E-state index contributed by atoms with van der Waals surface area (Å²) in [7, 11) is 0. The first-order valence-electron chi connectivity index (χ1n) is 9.53. The van der Waals surface area contributed by atoms with Crippen LogP contribution in [0.2, 0.25) is 0 Å². The number of carbonyl (C=O) groups is 4. The highest BCUT2D eigenvalue weighted by Crippen LogP contribution is 2.39. The molecule has 0 spiro atoms. The predicted octanol–water partition coefficient (Wildman–Crippen LogP) is 2.78. The van der Waals surface area contributed by atoms with Crippen LogP contribution in [0.15, 0.2) is 17.5 Å². The number of rotatable bonds is 8. The zero-order chi connectivity index (χ0) is 21.7. The molecule has 2 amide bonds. The summed E-state index contributed by atoms with van der Waals surface area (Å²) in [4.78, 5) is 50.2. The van der Waals surface area contributed by atoms with E-state index in [9.17, 15) is 19.2 Å². The number of fused-ring (bicyclic) bond motifs is 1. The molecule has 160 valence electrons. The van der Waals surface area contributed by atoms with Crippen LogP contribution in [0.5, 0.6) is 0 Å². The van der Waals surface area contributed by atoms with Gasteiger partial charge in [0.2, 0.25) is 0 Å². The average molecular weight is 451 g/mol. The van der Waals surface area contributed by atoms with E-state index >= 15 is 0 Å². The Kier molecular flexibility index (Phi) is 7.22. The minimum atomic E-state index is -0.909. The fourth-order valence-corrected chi connectivity index (χ4v) is 4.99. The largest absolute Gasteiger partial charge is 0.462 e. The van der Waals surface area contributed by atoms with E-state index in [-0.39, 0.29) is 12.5 Å². The number of anilines is 1. The smallest absolute Gasteiger partial charge is 0.341 e. The number of amides is 2. The van der Waals surface area contributed by atoms with Gasteiger partial charge in [0.1, 0.15) is 11.0 Å². The average Bonchev–Trinajstić information content (AvgIpc) is 3.43. The van der Waals surface area contributed by atoms with Crippen LogP contribution in [0.25, 0.3) is 0 Å². The number of nitrogens with one attached hydrogen (secondary N) is 2. The number of hydrogen-bond donors (Lipinski definition) is 2. The Morgan fingerprint density at radius 2 is 2.00 bits per heavy atom. The fraction of sp³-hybridized carbons (Fsp3) is 0.400. The second-order valence-corrected chi connectivity index (χ2v) is 8.66. The van der Waals surface area contributed by atoms with E-state index < -0.39 is 30.5 Å². The SMILES string of the molecule is CCOC(=O)c1c(NC(=O)COC(=O)C(C)NC(=O)c2cccs2)sc2c1CCC2. The molecule has 10 heteroatoms. The van der Waals surface area contributed by atoms with Gasteiger partial charge >= 0.3 is 11.9 Å². The van der Waals surface area contributed by atoms with Crippen molar-refractivity contribution >= 4 is 51.4 Å². The van der Waals surface area contributed by atoms with Gasteiger partial charge in [-0.3, -0.25) is 9.59 Å². The lowest BCUT2D eigenvalue weighted by Gasteiger charge is -2.13. The zero-order valence-corrected chi connectivity index (χ0v) is 18.2. The number of ether oxygens (including phenoxy) is 2. The molecular formula is C20H22N2O6S2. The summed E-state index contributed by atoms with van der Waals surface area (Å²) in [6.07, 6.45) is 2.60. The van der Waals surface area contributed by atoms with Crippen molar-refractivity contribution in [3.8, 4) is 0 Å². The molecular weight excluding hydrogens is 428 g/mol. The Morgan fingerprint density at radius 1 is 1.20 bits per heavy atom. The summed E-state index contributed by atoms with van der Waals surface area (Å²) in [6.45, 7) is 2.92. The molecule has 2 aromatic rings. The Hall–Kier alpha value is -2.72. The number of thiophene rings is 2.